The summed E-state index contributed by atoms with van der Waals surface area (Å²) in [6.07, 6.45) is 2.25. The van der Waals surface area contributed by atoms with Crippen molar-refractivity contribution in [1.29, 1.82) is 0 Å². The Labute approximate surface area is 114 Å². The molecule has 3 heteroatoms. The van der Waals surface area contributed by atoms with Gasteiger partial charge in [-0.25, -0.2) is 0 Å². The van der Waals surface area contributed by atoms with E-state index in [1.54, 1.807) is 19.1 Å². The topological polar surface area (TPSA) is 26.3 Å². The molecule has 100 valence electrons. The highest BCUT2D eigenvalue weighted by Crippen LogP contribution is 2.20. The molecule has 0 aliphatic heterocycles. The lowest BCUT2D eigenvalue weighted by molar-refractivity contribution is -0.126. The third kappa shape index (κ3) is 4.69. The van der Waals surface area contributed by atoms with Crippen LogP contribution >= 0.6 is 11.6 Å². The first-order valence-electron chi connectivity index (χ1n) is 6.51. The van der Waals surface area contributed by atoms with Gasteiger partial charge >= 0.3 is 0 Å². The highest BCUT2D eigenvalue weighted by atomic mass is 35.5. The molecule has 1 aromatic carbocycles. The summed E-state index contributed by atoms with van der Waals surface area (Å²) in [7, 11) is 0. The van der Waals surface area contributed by atoms with Gasteiger partial charge in [-0.2, -0.15) is 0 Å². The Bertz CT molecular complexity index is 386. The number of rotatable bonds is 7. The Balaban J connectivity index is 2.54. The first-order valence-corrected chi connectivity index (χ1v) is 6.89. The Kier molecular flexibility index (Phi) is 6.20. The summed E-state index contributed by atoms with van der Waals surface area (Å²) >= 11 is 5.87. The van der Waals surface area contributed by atoms with E-state index in [4.69, 9.17) is 16.3 Å². The van der Waals surface area contributed by atoms with Gasteiger partial charge in [0.15, 0.2) is 11.9 Å². The van der Waals surface area contributed by atoms with Crippen LogP contribution in [0.1, 0.15) is 40.0 Å². The number of ether oxygens (including phenoxy) is 1. The summed E-state index contributed by atoms with van der Waals surface area (Å²) in [6, 6.07) is 7.14. The molecule has 1 aromatic rings. The minimum atomic E-state index is -0.413. The van der Waals surface area contributed by atoms with E-state index in [-0.39, 0.29) is 5.78 Å². The lowest BCUT2D eigenvalue weighted by Crippen LogP contribution is -2.25. The van der Waals surface area contributed by atoms with Crippen molar-refractivity contribution in [3.05, 3.63) is 29.3 Å². The van der Waals surface area contributed by atoms with Gasteiger partial charge in [0.1, 0.15) is 5.75 Å². The van der Waals surface area contributed by atoms with Crippen LogP contribution < -0.4 is 4.74 Å². The van der Waals surface area contributed by atoms with Crippen LogP contribution in [0.2, 0.25) is 5.02 Å². The normalized spacial score (nSPS) is 12.5. The van der Waals surface area contributed by atoms with Crippen molar-refractivity contribution in [3.8, 4) is 5.75 Å². The lowest BCUT2D eigenvalue weighted by Gasteiger charge is -2.17. The molecule has 0 aliphatic carbocycles. The van der Waals surface area contributed by atoms with E-state index in [1.807, 2.05) is 12.1 Å². The Morgan fingerprint density at radius 2 is 2.00 bits per heavy atom. The monoisotopic (exact) mass is 268 g/mol. The number of carbonyl (C=O) groups excluding carboxylic acids is 1. The second kappa shape index (κ2) is 7.42. The Morgan fingerprint density at radius 1 is 1.33 bits per heavy atom. The molecule has 0 bridgehead atoms. The van der Waals surface area contributed by atoms with Crippen molar-refractivity contribution < 1.29 is 9.53 Å². The molecule has 2 nitrogen and oxygen atoms in total. The molecule has 0 spiro atoms. The van der Waals surface area contributed by atoms with Crippen LogP contribution in [-0.4, -0.2) is 11.9 Å². The third-order valence-electron chi connectivity index (χ3n) is 3.21. The summed E-state index contributed by atoms with van der Waals surface area (Å²) in [6.45, 7) is 6.03. The van der Waals surface area contributed by atoms with E-state index in [2.05, 4.69) is 13.8 Å². The molecule has 0 radical (unpaired) electrons. The van der Waals surface area contributed by atoms with Gasteiger partial charge in [-0.15, -0.1) is 0 Å². The number of Topliss-reactive ketones (excluding diaryl/α,β-unsaturated/α-hetero) is 1. The third-order valence-corrected chi connectivity index (χ3v) is 3.44. The largest absolute Gasteiger partial charge is 0.483 e. The van der Waals surface area contributed by atoms with Gasteiger partial charge in [0, 0.05) is 11.4 Å². The molecule has 0 amide bonds. The summed E-state index contributed by atoms with van der Waals surface area (Å²) in [5.41, 5.74) is 0. The van der Waals surface area contributed by atoms with Crippen LogP contribution in [0.4, 0.5) is 0 Å². The van der Waals surface area contributed by atoms with Gasteiger partial charge in [0.2, 0.25) is 0 Å². The van der Waals surface area contributed by atoms with Crippen molar-refractivity contribution in [2.75, 3.05) is 0 Å². The average Bonchev–Trinajstić information content (AvgIpc) is 2.35. The zero-order chi connectivity index (χ0) is 13.5. The minimum Gasteiger partial charge on any atom is -0.483 e. The second-order valence-corrected chi connectivity index (χ2v) is 5.01. The van der Waals surface area contributed by atoms with E-state index >= 15 is 0 Å². The minimum absolute atomic E-state index is 0.156. The maximum absolute atomic E-state index is 12.0. The molecule has 0 saturated heterocycles. The van der Waals surface area contributed by atoms with Crippen molar-refractivity contribution in [3.63, 3.8) is 0 Å². The van der Waals surface area contributed by atoms with Gasteiger partial charge < -0.3 is 4.74 Å². The van der Waals surface area contributed by atoms with Crippen LogP contribution in [0, 0.1) is 5.92 Å². The molecule has 18 heavy (non-hydrogen) atoms. The highest BCUT2D eigenvalue weighted by Gasteiger charge is 2.18. The van der Waals surface area contributed by atoms with Crippen molar-refractivity contribution >= 4 is 17.4 Å². The fourth-order valence-electron chi connectivity index (χ4n) is 1.84. The van der Waals surface area contributed by atoms with Crippen LogP contribution in [0.25, 0.3) is 0 Å². The summed E-state index contributed by atoms with van der Waals surface area (Å²) in [4.78, 5) is 12.0. The predicted molar refractivity (Wildman–Crippen MR) is 75.2 cm³/mol. The van der Waals surface area contributed by atoms with Gasteiger partial charge in [0.05, 0.1) is 0 Å². The standard InChI is InChI=1S/C15H21ClO2/c1-4-12(5-2)9-15(17)11(3)18-14-8-6-7-13(16)10-14/h6-8,10-12H,4-5,9H2,1-3H3. The first kappa shape index (κ1) is 15.0. The number of hydrogen-bond donors (Lipinski definition) is 0. The number of ketones is 1. The maximum Gasteiger partial charge on any atom is 0.173 e. The maximum atomic E-state index is 12.0. The van der Waals surface area contributed by atoms with Crippen molar-refractivity contribution in [1.82, 2.24) is 0 Å². The summed E-state index contributed by atoms with van der Waals surface area (Å²) in [5.74, 6) is 1.26. The zero-order valence-electron chi connectivity index (χ0n) is 11.3. The fourth-order valence-corrected chi connectivity index (χ4v) is 2.02. The van der Waals surface area contributed by atoms with Gasteiger partial charge in [-0.05, 0) is 31.0 Å². The fraction of sp³-hybridized carbons (Fsp3) is 0.533. The molecule has 1 unspecified atom stereocenters. The average molecular weight is 269 g/mol. The quantitative estimate of drug-likeness (QED) is 0.728. The molecular weight excluding hydrogens is 248 g/mol. The molecule has 0 N–H and O–H groups in total. The molecule has 0 aromatic heterocycles. The molecule has 0 saturated carbocycles. The van der Waals surface area contributed by atoms with E-state index in [0.29, 0.717) is 23.1 Å². The van der Waals surface area contributed by atoms with Gasteiger partial charge in [0.25, 0.3) is 0 Å². The van der Waals surface area contributed by atoms with E-state index in [1.165, 1.54) is 0 Å². The van der Waals surface area contributed by atoms with Gasteiger partial charge in [-0.1, -0.05) is 44.4 Å². The van der Waals surface area contributed by atoms with E-state index in [0.717, 1.165) is 12.8 Å². The van der Waals surface area contributed by atoms with Crippen molar-refractivity contribution in [2.45, 2.75) is 46.1 Å². The number of benzene rings is 1. The SMILES string of the molecule is CCC(CC)CC(=O)C(C)Oc1cccc(Cl)c1. The molecule has 0 heterocycles. The number of carbonyl (C=O) groups is 1. The van der Waals surface area contributed by atoms with Crippen molar-refractivity contribution in [2.24, 2.45) is 5.92 Å². The van der Waals surface area contributed by atoms with Crippen LogP contribution in [0.5, 0.6) is 5.75 Å². The number of halogens is 1. The predicted octanol–water partition coefficient (Wildman–Crippen LogP) is 4.50. The highest BCUT2D eigenvalue weighted by molar-refractivity contribution is 6.30. The molecule has 1 rings (SSSR count). The molecular formula is C15H21ClO2. The van der Waals surface area contributed by atoms with E-state index in [9.17, 15) is 4.79 Å². The van der Waals surface area contributed by atoms with Crippen LogP contribution in [-0.2, 0) is 4.79 Å². The molecule has 1 atom stereocenters. The van der Waals surface area contributed by atoms with Crippen LogP contribution in [0.15, 0.2) is 24.3 Å². The molecule has 0 aliphatic rings. The Hall–Kier alpha value is -1.02. The second-order valence-electron chi connectivity index (χ2n) is 4.57. The van der Waals surface area contributed by atoms with Gasteiger partial charge in [-0.3, -0.25) is 4.79 Å². The Morgan fingerprint density at radius 3 is 2.56 bits per heavy atom. The zero-order valence-corrected chi connectivity index (χ0v) is 12.0. The smallest absolute Gasteiger partial charge is 0.173 e. The summed E-state index contributed by atoms with van der Waals surface area (Å²) in [5, 5.41) is 0.618. The first-order chi connectivity index (χ1) is 8.56. The number of hydrogen-bond acceptors (Lipinski definition) is 2. The van der Waals surface area contributed by atoms with Crippen LogP contribution in [0.3, 0.4) is 0 Å². The lowest BCUT2D eigenvalue weighted by atomic mass is 9.95. The summed E-state index contributed by atoms with van der Waals surface area (Å²) < 4.78 is 5.61. The van der Waals surface area contributed by atoms with E-state index < -0.39 is 6.10 Å². The molecule has 0 fully saturated rings.